The second-order valence-corrected chi connectivity index (χ2v) is 9.26. The average molecular weight is 496 g/mol. The number of nitrogens with zero attached hydrogens (tertiary/aromatic N) is 4. The van der Waals surface area contributed by atoms with Crippen LogP contribution in [0.2, 0.25) is 0 Å². The minimum atomic E-state index is -0.265. The molecule has 0 unspecified atom stereocenters. The standard InChI is InChI=1S/C24H22FN5O2S2/c1-3-12-30-22(17-6-10-19(32-2)11-7-17)28-29-24(30)33-15-21(31)27-23-26-14-20(34-23)13-16-4-8-18(25)9-5-16/h3-11,14H,1,12-13,15H2,2H3,(H,26,27,31). The average Bonchev–Trinajstić information content (AvgIpc) is 3.46. The summed E-state index contributed by atoms with van der Waals surface area (Å²) in [5.41, 5.74) is 1.87. The molecule has 1 amide bonds. The fraction of sp³-hybridized carbons (Fsp3) is 0.167. The first-order valence-corrected chi connectivity index (χ1v) is 12.2. The number of thiazole rings is 1. The van der Waals surface area contributed by atoms with Gasteiger partial charge >= 0.3 is 0 Å². The third kappa shape index (κ3) is 5.89. The molecule has 0 radical (unpaired) electrons. The lowest BCUT2D eigenvalue weighted by molar-refractivity contribution is -0.113. The van der Waals surface area contributed by atoms with E-state index in [2.05, 4.69) is 27.1 Å². The predicted octanol–water partition coefficient (Wildman–Crippen LogP) is 5.06. The summed E-state index contributed by atoms with van der Waals surface area (Å²) in [6, 6.07) is 13.9. The molecule has 0 aliphatic rings. The molecule has 0 atom stereocenters. The van der Waals surface area contributed by atoms with Crippen LogP contribution in [0.4, 0.5) is 9.52 Å². The number of carbonyl (C=O) groups is 1. The van der Waals surface area contributed by atoms with Gasteiger partial charge in [-0.25, -0.2) is 9.37 Å². The summed E-state index contributed by atoms with van der Waals surface area (Å²) in [5, 5.41) is 12.5. The number of nitrogens with one attached hydrogen (secondary N) is 1. The Hall–Kier alpha value is -3.50. The Morgan fingerprint density at radius 2 is 1.97 bits per heavy atom. The summed E-state index contributed by atoms with van der Waals surface area (Å²) in [6.45, 7) is 4.33. The number of aromatic nitrogens is 4. The number of halogens is 1. The molecule has 0 fully saturated rings. The van der Waals surface area contributed by atoms with E-state index in [9.17, 15) is 9.18 Å². The Morgan fingerprint density at radius 1 is 1.21 bits per heavy atom. The van der Waals surface area contributed by atoms with Gasteiger partial charge in [0.2, 0.25) is 5.91 Å². The molecule has 2 aromatic carbocycles. The number of carbonyl (C=O) groups excluding carboxylic acids is 1. The second kappa shape index (κ2) is 11.1. The molecule has 1 N–H and O–H groups in total. The van der Waals surface area contributed by atoms with Crippen LogP contribution in [0, 0.1) is 5.82 Å². The molecular weight excluding hydrogens is 473 g/mol. The zero-order valence-corrected chi connectivity index (χ0v) is 20.0. The third-order valence-corrected chi connectivity index (χ3v) is 6.68. The van der Waals surface area contributed by atoms with Crippen molar-refractivity contribution in [1.29, 1.82) is 0 Å². The summed E-state index contributed by atoms with van der Waals surface area (Å²) >= 11 is 2.69. The number of benzene rings is 2. The van der Waals surface area contributed by atoms with Crippen molar-refractivity contribution in [2.24, 2.45) is 0 Å². The second-order valence-electron chi connectivity index (χ2n) is 7.21. The van der Waals surface area contributed by atoms with Crippen LogP contribution in [0.15, 0.2) is 72.5 Å². The Morgan fingerprint density at radius 3 is 2.68 bits per heavy atom. The summed E-state index contributed by atoms with van der Waals surface area (Å²) in [4.78, 5) is 17.8. The molecular formula is C24H22FN5O2S2. The molecule has 0 saturated heterocycles. The van der Waals surface area contributed by atoms with Crippen molar-refractivity contribution in [1.82, 2.24) is 19.7 Å². The van der Waals surface area contributed by atoms with Crippen LogP contribution in [-0.4, -0.2) is 38.5 Å². The zero-order chi connectivity index (χ0) is 23.9. The van der Waals surface area contributed by atoms with E-state index in [0.717, 1.165) is 21.8 Å². The number of allylic oxidation sites excluding steroid dienone is 1. The minimum absolute atomic E-state index is 0.158. The number of methoxy groups -OCH3 is 1. The van der Waals surface area contributed by atoms with Crippen LogP contribution in [0.5, 0.6) is 5.75 Å². The highest BCUT2D eigenvalue weighted by Crippen LogP contribution is 2.26. The number of hydrogen-bond donors (Lipinski definition) is 1. The van der Waals surface area contributed by atoms with Gasteiger partial charge in [0.05, 0.1) is 12.9 Å². The number of anilines is 1. The molecule has 0 spiro atoms. The molecule has 0 aliphatic carbocycles. The fourth-order valence-electron chi connectivity index (χ4n) is 3.18. The SMILES string of the molecule is C=CCn1c(SCC(=O)Nc2ncc(Cc3ccc(F)cc3)s2)nnc1-c1ccc(OC)cc1. The van der Waals surface area contributed by atoms with Gasteiger partial charge < -0.3 is 10.1 Å². The minimum Gasteiger partial charge on any atom is -0.497 e. The van der Waals surface area contributed by atoms with E-state index in [1.165, 1.54) is 35.2 Å². The maximum atomic E-state index is 13.1. The van der Waals surface area contributed by atoms with Gasteiger partial charge in [0.25, 0.3) is 0 Å². The monoisotopic (exact) mass is 495 g/mol. The highest BCUT2D eigenvalue weighted by Gasteiger charge is 2.16. The first-order valence-electron chi connectivity index (χ1n) is 10.4. The lowest BCUT2D eigenvalue weighted by atomic mass is 10.1. The number of thioether (sulfide) groups is 1. The van der Waals surface area contributed by atoms with E-state index < -0.39 is 0 Å². The van der Waals surface area contributed by atoms with E-state index in [1.807, 2.05) is 28.8 Å². The van der Waals surface area contributed by atoms with Crippen molar-refractivity contribution in [3.8, 4) is 17.1 Å². The number of hydrogen-bond acceptors (Lipinski definition) is 7. The molecule has 2 heterocycles. The van der Waals surface area contributed by atoms with Crippen LogP contribution in [0.1, 0.15) is 10.4 Å². The molecule has 7 nitrogen and oxygen atoms in total. The van der Waals surface area contributed by atoms with E-state index in [0.29, 0.717) is 29.1 Å². The Balaban J connectivity index is 1.37. The first kappa shape index (κ1) is 23.7. The molecule has 34 heavy (non-hydrogen) atoms. The van der Waals surface area contributed by atoms with Gasteiger partial charge in [-0.15, -0.1) is 28.1 Å². The lowest BCUT2D eigenvalue weighted by Gasteiger charge is -2.08. The van der Waals surface area contributed by atoms with Gasteiger partial charge in [-0.2, -0.15) is 0 Å². The summed E-state index contributed by atoms with van der Waals surface area (Å²) in [6.07, 6.45) is 4.11. The van der Waals surface area contributed by atoms with Crippen molar-refractivity contribution >= 4 is 34.1 Å². The third-order valence-electron chi connectivity index (χ3n) is 4.80. The zero-order valence-electron chi connectivity index (χ0n) is 18.4. The molecule has 2 aromatic heterocycles. The molecule has 0 aliphatic heterocycles. The van der Waals surface area contributed by atoms with Crippen molar-refractivity contribution < 1.29 is 13.9 Å². The van der Waals surface area contributed by atoms with E-state index in [1.54, 1.807) is 31.5 Å². The van der Waals surface area contributed by atoms with Gasteiger partial charge in [0, 0.05) is 29.6 Å². The summed E-state index contributed by atoms with van der Waals surface area (Å²) < 4.78 is 20.2. The van der Waals surface area contributed by atoms with Crippen LogP contribution >= 0.6 is 23.1 Å². The van der Waals surface area contributed by atoms with Crippen LogP contribution in [-0.2, 0) is 17.8 Å². The van der Waals surface area contributed by atoms with Crippen molar-refractivity contribution in [2.75, 3.05) is 18.2 Å². The molecule has 0 bridgehead atoms. The smallest absolute Gasteiger partial charge is 0.236 e. The van der Waals surface area contributed by atoms with Gasteiger partial charge in [0.15, 0.2) is 16.1 Å². The molecule has 4 aromatic rings. The van der Waals surface area contributed by atoms with Gasteiger partial charge in [0.1, 0.15) is 11.6 Å². The summed E-state index contributed by atoms with van der Waals surface area (Å²) in [5.74, 6) is 1.15. The number of amides is 1. The number of ether oxygens (including phenoxy) is 1. The maximum Gasteiger partial charge on any atom is 0.236 e. The highest BCUT2D eigenvalue weighted by atomic mass is 32.2. The Labute approximate surface area is 204 Å². The quantitative estimate of drug-likeness (QED) is 0.245. The topological polar surface area (TPSA) is 81.9 Å². The van der Waals surface area contributed by atoms with Gasteiger partial charge in [-0.1, -0.05) is 30.0 Å². The van der Waals surface area contributed by atoms with Crippen molar-refractivity contribution in [3.05, 3.63) is 83.6 Å². The molecule has 10 heteroatoms. The Bertz CT molecular complexity index is 1270. The normalized spacial score (nSPS) is 10.8. The molecule has 4 rings (SSSR count). The fourth-order valence-corrected chi connectivity index (χ4v) is 4.79. The summed E-state index contributed by atoms with van der Waals surface area (Å²) in [7, 11) is 1.62. The van der Waals surface area contributed by atoms with E-state index in [-0.39, 0.29) is 17.5 Å². The van der Waals surface area contributed by atoms with E-state index >= 15 is 0 Å². The lowest BCUT2D eigenvalue weighted by Crippen LogP contribution is -2.14. The number of rotatable bonds is 10. The molecule has 174 valence electrons. The first-order chi connectivity index (χ1) is 16.6. The van der Waals surface area contributed by atoms with Crippen LogP contribution in [0.25, 0.3) is 11.4 Å². The highest BCUT2D eigenvalue weighted by molar-refractivity contribution is 7.99. The largest absolute Gasteiger partial charge is 0.497 e. The van der Waals surface area contributed by atoms with E-state index in [4.69, 9.17) is 4.74 Å². The van der Waals surface area contributed by atoms with Crippen LogP contribution in [0.3, 0.4) is 0 Å². The van der Waals surface area contributed by atoms with Crippen molar-refractivity contribution in [3.63, 3.8) is 0 Å². The van der Waals surface area contributed by atoms with Crippen LogP contribution < -0.4 is 10.1 Å². The van der Waals surface area contributed by atoms with Gasteiger partial charge in [-0.3, -0.25) is 9.36 Å². The van der Waals surface area contributed by atoms with Gasteiger partial charge in [-0.05, 0) is 42.0 Å². The predicted molar refractivity (Wildman–Crippen MR) is 133 cm³/mol. The van der Waals surface area contributed by atoms with Crippen molar-refractivity contribution in [2.45, 2.75) is 18.1 Å². The Kier molecular flexibility index (Phi) is 7.71. The molecule has 0 saturated carbocycles. The maximum absolute atomic E-state index is 13.1.